The van der Waals surface area contributed by atoms with Crippen molar-refractivity contribution in [2.45, 2.75) is 13.8 Å². The minimum absolute atomic E-state index is 0.118. The number of hydrogen-bond acceptors (Lipinski definition) is 4. The first kappa shape index (κ1) is 18.1. The first-order chi connectivity index (χ1) is 12.1. The van der Waals surface area contributed by atoms with Gasteiger partial charge in [-0.3, -0.25) is 9.59 Å². The number of amides is 2. The average molecular weight is 376 g/mol. The molecule has 1 N–H and O–H groups in total. The number of halogens is 1. The van der Waals surface area contributed by atoms with E-state index < -0.39 is 33.1 Å². The number of rotatable bonds is 3. The Bertz CT molecular complexity index is 985. The van der Waals surface area contributed by atoms with Crippen LogP contribution in [0.1, 0.15) is 24.2 Å². The monoisotopic (exact) mass is 376 g/mol. The highest BCUT2D eigenvalue weighted by Gasteiger charge is 2.49. The molecule has 1 heterocycles. The molecule has 8 heteroatoms. The Hall–Kier alpha value is -2.74. The van der Waals surface area contributed by atoms with Gasteiger partial charge in [-0.1, -0.05) is 6.07 Å². The van der Waals surface area contributed by atoms with Crippen molar-refractivity contribution >= 4 is 33.2 Å². The molecule has 0 bridgehead atoms. The molecule has 0 saturated carbocycles. The summed E-state index contributed by atoms with van der Waals surface area (Å²) in [6.45, 7) is 3.13. The first-order valence-electron chi connectivity index (χ1n) is 7.85. The molecule has 2 amide bonds. The van der Waals surface area contributed by atoms with Crippen LogP contribution >= 0.6 is 0 Å². The van der Waals surface area contributed by atoms with Crippen LogP contribution in [0.25, 0.3) is 0 Å². The highest BCUT2D eigenvalue weighted by atomic mass is 32.2. The van der Waals surface area contributed by atoms with Crippen molar-refractivity contribution < 1.29 is 22.4 Å². The molecule has 136 valence electrons. The van der Waals surface area contributed by atoms with E-state index in [4.69, 9.17) is 0 Å². The van der Waals surface area contributed by atoms with Gasteiger partial charge < -0.3 is 5.32 Å². The van der Waals surface area contributed by atoms with Crippen LogP contribution in [0.5, 0.6) is 0 Å². The van der Waals surface area contributed by atoms with Gasteiger partial charge in [0.2, 0.25) is 15.9 Å². The van der Waals surface area contributed by atoms with Gasteiger partial charge >= 0.3 is 0 Å². The molecule has 1 aliphatic rings. The smallest absolute Gasteiger partial charge is 0.255 e. The largest absolute Gasteiger partial charge is 0.322 e. The molecule has 3 rings (SSSR count). The Morgan fingerprint density at radius 2 is 1.81 bits per heavy atom. The van der Waals surface area contributed by atoms with Crippen molar-refractivity contribution in [1.29, 1.82) is 0 Å². The maximum absolute atomic E-state index is 12.9. The van der Waals surface area contributed by atoms with Gasteiger partial charge in [0.1, 0.15) is 5.82 Å². The summed E-state index contributed by atoms with van der Waals surface area (Å²) in [5, 5.41) is 2.59. The van der Waals surface area contributed by atoms with Crippen LogP contribution < -0.4 is 9.62 Å². The van der Waals surface area contributed by atoms with Gasteiger partial charge in [-0.05, 0) is 56.3 Å². The van der Waals surface area contributed by atoms with E-state index in [1.165, 1.54) is 48.5 Å². The van der Waals surface area contributed by atoms with Crippen LogP contribution in [0.15, 0.2) is 48.5 Å². The van der Waals surface area contributed by atoms with E-state index in [9.17, 15) is 22.4 Å². The van der Waals surface area contributed by atoms with Gasteiger partial charge in [-0.25, -0.2) is 17.1 Å². The highest BCUT2D eigenvalue weighted by Crippen LogP contribution is 2.35. The maximum Gasteiger partial charge on any atom is 0.255 e. The summed E-state index contributed by atoms with van der Waals surface area (Å²) >= 11 is 0. The molecule has 1 aliphatic heterocycles. The highest BCUT2D eigenvalue weighted by molar-refractivity contribution is 7.94. The van der Waals surface area contributed by atoms with E-state index in [2.05, 4.69) is 5.32 Å². The lowest BCUT2D eigenvalue weighted by molar-refractivity contribution is -0.123. The SMILES string of the molecule is CC1(C)CS(=O)(=O)N(c2cccc(C(=O)Nc3ccc(F)cc3)c2)C1=O. The van der Waals surface area contributed by atoms with Gasteiger partial charge in [0.25, 0.3) is 5.91 Å². The third kappa shape index (κ3) is 3.32. The molecule has 2 aromatic carbocycles. The summed E-state index contributed by atoms with van der Waals surface area (Å²) in [4.78, 5) is 24.8. The summed E-state index contributed by atoms with van der Waals surface area (Å²) in [6.07, 6.45) is 0. The van der Waals surface area contributed by atoms with Crippen molar-refractivity contribution in [2.24, 2.45) is 5.41 Å². The van der Waals surface area contributed by atoms with Crippen LogP contribution in [-0.2, 0) is 14.8 Å². The molecule has 0 aromatic heterocycles. The zero-order chi connectivity index (χ0) is 19.1. The van der Waals surface area contributed by atoms with Gasteiger partial charge in [0, 0.05) is 11.3 Å². The van der Waals surface area contributed by atoms with Crippen molar-refractivity contribution in [1.82, 2.24) is 0 Å². The first-order valence-corrected chi connectivity index (χ1v) is 9.45. The number of sulfonamides is 1. The zero-order valence-electron chi connectivity index (χ0n) is 14.2. The standard InChI is InChI=1S/C18H17FN2O4S/c1-18(2)11-26(24,25)21(17(18)23)15-5-3-4-12(10-15)16(22)20-14-8-6-13(19)7-9-14/h3-10H,11H2,1-2H3,(H,20,22). The van der Waals surface area contributed by atoms with Gasteiger partial charge in [-0.15, -0.1) is 0 Å². The normalized spacial score (nSPS) is 18.0. The minimum Gasteiger partial charge on any atom is -0.322 e. The van der Waals surface area contributed by atoms with Gasteiger partial charge in [0.15, 0.2) is 0 Å². The fourth-order valence-electron chi connectivity index (χ4n) is 2.77. The fourth-order valence-corrected chi connectivity index (χ4v) is 4.87. The molecule has 1 saturated heterocycles. The summed E-state index contributed by atoms with van der Waals surface area (Å²) in [6, 6.07) is 11.1. The van der Waals surface area contributed by atoms with Crippen LogP contribution in [0.3, 0.4) is 0 Å². The molecule has 0 unspecified atom stereocenters. The topological polar surface area (TPSA) is 83.6 Å². The van der Waals surface area contributed by atoms with Crippen molar-refractivity contribution in [3.05, 3.63) is 59.9 Å². The molecule has 0 aliphatic carbocycles. The second-order valence-electron chi connectivity index (χ2n) is 6.72. The van der Waals surface area contributed by atoms with Gasteiger partial charge in [-0.2, -0.15) is 0 Å². The fraction of sp³-hybridized carbons (Fsp3) is 0.222. The zero-order valence-corrected chi connectivity index (χ0v) is 15.0. The molecule has 1 fully saturated rings. The molecule has 0 radical (unpaired) electrons. The van der Waals surface area contributed by atoms with E-state index in [0.29, 0.717) is 5.69 Å². The minimum atomic E-state index is -3.79. The number of hydrogen-bond donors (Lipinski definition) is 1. The molecule has 0 atom stereocenters. The Morgan fingerprint density at radius 1 is 1.15 bits per heavy atom. The van der Waals surface area contributed by atoms with Crippen LogP contribution in [0.2, 0.25) is 0 Å². The number of nitrogens with zero attached hydrogens (tertiary/aromatic N) is 1. The van der Waals surface area contributed by atoms with Crippen LogP contribution in [0, 0.1) is 11.2 Å². The summed E-state index contributed by atoms with van der Waals surface area (Å²) in [7, 11) is -3.79. The summed E-state index contributed by atoms with van der Waals surface area (Å²) in [5.74, 6) is -1.74. The number of carbonyl (C=O) groups excluding carboxylic acids is 2. The Labute approximate surface area is 150 Å². The lowest BCUT2D eigenvalue weighted by Gasteiger charge is -2.18. The van der Waals surface area contributed by atoms with E-state index >= 15 is 0 Å². The van der Waals surface area contributed by atoms with Crippen molar-refractivity contribution in [2.75, 3.05) is 15.4 Å². The summed E-state index contributed by atoms with van der Waals surface area (Å²) < 4.78 is 38.4. The number of anilines is 2. The predicted octanol–water partition coefficient (Wildman–Crippen LogP) is 2.78. The predicted molar refractivity (Wildman–Crippen MR) is 95.8 cm³/mol. The Balaban J connectivity index is 1.90. The summed E-state index contributed by atoms with van der Waals surface area (Å²) in [5.41, 5.74) is -0.328. The molecular formula is C18H17FN2O4S. The van der Waals surface area contributed by atoms with Crippen molar-refractivity contribution in [3.8, 4) is 0 Å². The number of carbonyl (C=O) groups is 2. The number of benzene rings is 2. The van der Waals surface area contributed by atoms with E-state index in [1.54, 1.807) is 13.8 Å². The van der Waals surface area contributed by atoms with E-state index in [0.717, 1.165) is 4.31 Å². The van der Waals surface area contributed by atoms with Crippen molar-refractivity contribution in [3.63, 3.8) is 0 Å². The molecular weight excluding hydrogens is 359 g/mol. The number of nitrogens with one attached hydrogen (secondary N) is 1. The molecule has 2 aromatic rings. The maximum atomic E-state index is 12.9. The Kier molecular flexibility index (Phi) is 4.31. The lowest BCUT2D eigenvalue weighted by atomic mass is 9.95. The molecule has 0 spiro atoms. The lowest BCUT2D eigenvalue weighted by Crippen LogP contribution is -2.33. The Morgan fingerprint density at radius 3 is 2.38 bits per heavy atom. The molecule has 26 heavy (non-hydrogen) atoms. The van der Waals surface area contributed by atoms with E-state index in [-0.39, 0.29) is 17.0 Å². The third-order valence-electron chi connectivity index (χ3n) is 4.03. The third-order valence-corrected chi connectivity index (χ3v) is 6.05. The van der Waals surface area contributed by atoms with Gasteiger partial charge in [0.05, 0.1) is 16.9 Å². The second-order valence-corrected chi connectivity index (χ2v) is 8.54. The molecule has 6 nitrogen and oxygen atoms in total. The van der Waals surface area contributed by atoms with E-state index in [1.807, 2.05) is 0 Å². The second kappa shape index (κ2) is 6.21. The quantitative estimate of drug-likeness (QED) is 0.893. The average Bonchev–Trinajstić information content (AvgIpc) is 2.72. The van der Waals surface area contributed by atoms with Crippen LogP contribution in [-0.4, -0.2) is 26.0 Å². The van der Waals surface area contributed by atoms with Crippen LogP contribution in [0.4, 0.5) is 15.8 Å².